The van der Waals surface area contributed by atoms with Gasteiger partial charge in [-0.15, -0.1) is 0 Å². The summed E-state index contributed by atoms with van der Waals surface area (Å²) in [6, 6.07) is 6.71. The van der Waals surface area contributed by atoms with Gasteiger partial charge in [0.1, 0.15) is 11.3 Å². The van der Waals surface area contributed by atoms with Crippen molar-refractivity contribution in [2.45, 2.75) is 53.5 Å². The van der Waals surface area contributed by atoms with Gasteiger partial charge in [0.15, 0.2) is 0 Å². The molecule has 1 N–H and O–H groups in total. The number of hydrogen-bond donors (Lipinski definition) is 1. The number of furan rings is 1. The molecular weight excluding hydrogens is 326 g/mol. The van der Waals surface area contributed by atoms with E-state index in [-0.39, 0.29) is 11.5 Å². The van der Waals surface area contributed by atoms with Crippen LogP contribution in [0.15, 0.2) is 27.1 Å². The molecule has 0 fully saturated rings. The SMILES string of the molecule is CCNC(c1cc2cc(Br)cc(C(C)C)c2o1)C(C)(C)C. The van der Waals surface area contributed by atoms with Gasteiger partial charge in [-0.3, -0.25) is 0 Å². The van der Waals surface area contributed by atoms with Crippen molar-refractivity contribution < 1.29 is 4.42 Å². The Morgan fingerprint density at radius 3 is 2.38 bits per heavy atom. The van der Waals surface area contributed by atoms with E-state index in [4.69, 9.17) is 4.42 Å². The Bertz CT molecular complexity index is 622. The van der Waals surface area contributed by atoms with Crippen LogP contribution >= 0.6 is 15.9 Å². The van der Waals surface area contributed by atoms with Crippen LogP contribution in [-0.4, -0.2) is 6.54 Å². The van der Waals surface area contributed by atoms with Gasteiger partial charge in [0, 0.05) is 9.86 Å². The molecule has 3 heteroatoms. The van der Waals surface area contributed by atoms with Crippen molar-refractivity contribution >= 4 is 26.9 Å². The molecule has 0 amide bonds. The summed E-state index contributed by atoms with van der Waals surface area (Å²) in [6.07, 6.45) is 0. The topological polar surface area (TPSA) is 25.2 Å². The molecule has 2 nitrogen and oxygen atoms in total. The average Bonchev–Trinajstić information content (AvgIpc) is 2.75. The summed E-state index contributed by atoms with van der Waals surface area (Å²) >= 11 is 3.61. The van der Waals surface area contributed by atoms with Gasteiger partial charge in [0.2, 0.25) is 0 Å². The number of fused-ring (bicyclic) bond motifs is 1. The Hall–Kier alpha value is -0.800. The first-order valence-corrected chi connectivity index (χ1v) is 8.49. The van der Waals surface area contributed by atoms with E-state index in [0.29, 0.717) is 5.92 Å². The third-order valence-electron chi connectivity index (χ3n) is 3.81. The molecular formula is C18H26BrNO. The van der Waals surface area contributed by atoms with E-state index in [1.54, 1.807) is 0 Å². The van der Waals surface area contributed by atoms with Crippen molar-refractivity contribution in [3.8, 4) is 0 Å². The summed E-state index contributed by atoms with van der Waals surface area (Å²) in [6.45, 7) is 14.2. The van der Waals surface area contributed by atoms with Gasteiger partial charge < -0.3 is 9.73 Å². The summed E-state index contributed by atoms with van der Waals surface area (Å²) in [5, 5.41) is 4.73. The van der Waals surface area contributed by atoms with E-state index in [9.17, 15) is 0 Å². The van der Waals surface area contributed by atoms with Gasteiger partial charge in [-0.05, 0) is 41.6 Å². The minimum absolute atomic E-state index is 0.110. The second-order valence-electron chi connectivity index (χ2n) is 7.07. The Labute approximate surface area is 136 Å². The summed E-state index contributed by atoms with van der Waals surface area (Å²) in [7, 11) is 0. The van der Waals surface area contributed by atoms with Crippen LogP contribution in [0.5, 0.6) is 0 Å². The molecule has 1 heterocycles. The molecule has 0 saturated carbocycles. The first-order chi connectivity index (χ1) is 9.74. The van der Waals surface area contributed by atoms with Gasteiger partial charge in [0.05, 0.1) is 6.04 Å². The van der Waals surface area contributed by atoms with Crippen LogP contribution < -0.4 is 5.32 Å². The second-order valence-corrected chi connectivity index (χ2v) is 7.99. The van der Waals surface area contributed by atoms with E-state index in [1.807, 2.05) is 0 Å². The molecule has 0 aliphatic heterocycles. The zero-order valence-electron chi connectivity index (χ0n) is 13.9. The number of nitrogens with one attached hydrogen (secondary N) is 1. The van der Waals surface area contributed by atoms with Crippen LogP contribution in [0.2, 0.25) is 0 Å². The molecule has 2 aromatic rings. The molecule has 0 radical (unpaired) electrons. The first kappa shape index (κ1) is 16.6. The van der Waals surface area contributed by atoms with Crippen molar-refractivity contribution in [3.05, 3.63) is 34.0 Å². The predicted octanol–water partition coefficient (Wildman–Crippen LogP) is 6.02. The third kappa shape index (κ3) is 3.51. The van der Waals surface area contributed by atoms with Crippen LogP contribution in [0.3, 0.4) is 0 Å². The number of benzene rings is 1. The van der Waals surface area contributed by atoms with E-state index < -0.39 is 0 Å². The molecule has 0 aliphatic rings. The highest BCUT2D eigenvalue weighted by Crippen LogP contribution is 2.38. The summed E-state index contributed by atoms with van der Waals surface area (Å²) in [5.74, 6) is 1.47. The summed E-state index contributed by atoms with van der Waals surface area (Å²) in [5.41, 5.74) is 2.39. The first-order valence-electron chi connectivity index (χ1n) is 7.70. The maximum absolute atomic E-state index is 6.27. The molecule has 21 heavy (non-hydrogen) atoms. The molecule has 0 spiro atoms. The van der Waals surface area contributed by atoms with Gasteiger partial charge in [0.25, 0.3) is 0 Å². The fourth-order valence-corrected chi connectivity index (χ4v) is 3.26. The molecule has 1 unspecified atom stereocenters. The highest BCUT2D eigenvalue weighted by Gasteiger charge is 2.29. The van der Waals surface area contributed by atoms with E-state index in [0.717, 1.165) is 22.4 Å². The molecule has 0 saturated heterocycles. The maximum Gasteiger partial charge on any atom is 0.137 e. The lowest BCUT2D eigenvalue weighted by atomic mass is 9.85. The Morgan fingerprint density at radius 2 is 1.86 bits per heavy atom. The number of rotatable bonds is 4. The zero-order valence-corrected chi connectivity index (χ0v) is 15.5. The predicted molar refractivity (Wildman–Crippen MR) is 93.9 cm³/mol. The molecule has 0 aliphatic carbocycles. The summed E-state index contributed by atoms with van der Waals surface area (Å²) < 4.78 is 7.39. The lowest BCUT2D eigenvalue weighted by molar-refractivity contribution is 0.244. The Morgan fingerprint density at radius 1 is 1.19 bits per heavy atom. The molecule has 1 aromatic heterocycles. The smallest absolute Gasteiger partial charge is 0.137 e. The largest absolute Gasteiger partial charge is 0.459 e. The van der Waals surface area contributed by atoms with Gasteiger partial charge in [-0.25, -0.2) is 0 Å². The number of hydrogen-bond acceptors (Lipinski definition) is 2. The van der Waals surface area contributed by atoms with Crippen molar-refractivity contribution in [1.29, 1.82) is 0 Å². The molecule has 0 bridgehead atoms. The van der Waals surface area contributed by atoms with Gasteiger partial charge in [-0.2, -0.15) is 0 Å². The Kier molecular flexibility index (Phi) is 4.84. The maximum atomic E-state index is 6.27. The minimum Gasteiger partial charge on any atom is -0.459 e. The lowest BCUT2D eigenvalue weighted by Gasteiger charge is -2.29. The zero-order chi connectivity index (χ0) is 15.8. The number of halogens is 1. The van der Waals surface area contributed by atoms with Crippen LogP contribution in [0.25, 0.3) is 11.0 Å². The van der Waals surface area contributed by atoms with Crippen LogP contribution in [0, 0.1) is 5.41 Å². The highest BCUT2D eigenvalue weighted by atomic mass is 79.9. The fraction of sp³-hybridized carbons (Fsp3) is 0.556. The van der Waals surface area contributed by atoms with Crippen molar-refractivity contribution in [2.75, 3.05) is 6.54 Å². The third-order valence-corrected chi connectivity index (χ3v) is 4.27. The quantitative estimate of drug-likeness (QED) is 0.728. The highest BCUT2D eigenvalue weighted by molar-refractivity contribution is 9.10. The van der Waals surface area contributed by atoms with Gasteiger partial charge >= 0.3 is 0 Å². The molecule has 1 aromatic carbocycles. The normalized spacial score (nSPS) is 14.1. The van der Waals surface area contributed by atoms with E-state index in [1.165, 1.54) is 10.9 Å². The van der Waals surface area contributed by atoms with E-state index >= 15 is 0 Å². The molecule has 116 valence electrons. The molecule has 1 atom stereocenters. The monoisotopic (exact) mass is 351 g/mol. The Balaban J connectivity index is 2.58. The standard InChI is InChI=1S/C18H26BrNO/c1-7-20-17(18(4,5)6)15-9-12-8-13(19)10-14(11(2)3)16(12)21-15/h8-11,17,20H,7H2,1-6H3. The van der Waals surface area contributed by atoms with E-state index in [2.05, 4.69) is 81.0 Å². The van der Waals surface area contributed by atoms with Crippen LogP contribution in [0.4, 0.5) is 0 Å². The van der Waals surface area contributed by atoms with Crippen LogP contribution in [-0.2, 0) is 0 Å². The van der Waals surface area contributed by atoms with Crippen molar-refractivity contribution in [3.63, 3.8) is 0 Å². The molecule has 2 rings (SSSR count). The van der Waals surface area contributed by atoms with Crippen molar-refractivity contribution in [1.82, 2.24) is 5.32 Å². The minimum atomic E-state index is 0.110. The average molecular weight is 352 g/mol. The fourth-order valence-electron chi connectivity index (χ4n) is 2.77. The van der Waals surface area contributed by atoms with Crippen molar-refractivity contribution in [2.24, 2.45) is 5.41 Å². The lowest BCUT2D eigenvalue weighted by Crippen LogP contribution is -2.31. The van der Waals surface area contributed by atoms with Gasteiger partial charge in [-0.1, -0.05) is 57.5 Å². The van der Waals surface area contributed by atoms with Crippen LogP contribution in [0.1, 0.15) is 64.8 Å². The summed E-state index contributed by atoms with van der Waals surface area (Å²) in [4.78, 5) is 0. The second kappa shape index (κ2) is 6.13.